The molecule has 0 radical (unpaired) electrons. The molecular weight excluding hydrogens is 243 g/mol. The third kappa shape index (κ3) is 14.9. The van der Waals surface area contributed by atoms with Crippen LogP contribution in [0.2, 0.25) is 0 Å². The van der Waals surface area contributed by atoms with E-state index in [1.54, 1.807) is 0 Å². The number of nitrogens with two attached hydrogens (primary N) is 1. The quantitative estimate of drug-likeness (QED) is 0.582. The van der Waals surface area contributed by atoms with Gasteiger partial charge in [0.05, 0.1) is 6.61 Å². The summed E-state index contributed by atoms with van der Waals surface area (Å²) in [5, 5.41) is 0.692. The maximum absolute atomic E-state index is 5.31. The summed E-state index contributed by atoms with van der Waals surface area (Å²) in [7, 11) is 4.03. The van der Waals surface area contributed by atoms with Gasteiger partial charge in [-0.25, -0.2) is 0 Å². The fourth-order valence-corrected chi connectivity index (χ4v) is 0.831. The molecule has 0 aromatic rings. The lowest BCUT2D eigenvalue weighted by atomic mass is 10.4. The second-order valence-electron chi connectivity index (χ2n) is 2.92. The topological polar surface area (TPSA) is 38.5 Å². The molecule has 0 aliphatic carbocycles. The Morgan fingerprint density at radius 3 is 2.36 bits per heavy atom. The number of hydrogen-bond donors (Lipinski definition) is 1. The van der Waals surface area contributed by atoms with E-state index in [0.717, 1.165) is 19.4 Å². The van der Waals surface area contributed by atoms with Crippen molar-refractivity contribution in [1.29, 1.82) is 0 Å². The van der Waals surface area contributed by atoms with Gasteiger partial charge in [0.25, 0.3) is 0 Å². The summed E-state index contributed by atoms with van der Waals surface area (Å²) in [4.78, 5) is 2.08. The van der Waals surface area contributed by atoms with Crippen LogP contribution in [0.25, 0.3) is 0 Å². The van der Waals surface area contributed by atoms with Crippen molar-refractivity contribution in [1.82, 2.24) is 4.90 Å². The molecule has 0 fully saturated rings. The molecule has 0 bridgehead atoms. The first-order valence-electron chi connectivity index (χ1n) is 4.17. The fraction of sp³-hybridized carbons (Fsp3) is 0.875. The third-order valence-electron chi connectivity index (χ3n) is 1.37. The molecule has 6 heteroatoms. The zero-order chi connectivity index (χ0) is 9.40. The average Bonchev–Trinajstić information content (AvgIpc) is 2.01. The maximum Gasteiger partial charge on any atom is 0.160 e. The van der Waals surface area contributed by atoms with Gasteiger partial charge in [-0.3, -0.25) is 0 Å². The number of rotatable bonds is 6. The number of halogens is 2. The van der Waals surface area contributed by atoms with E-state index in [4.69, 9.17) is 22.7 Å². The Morgan fingerprint density at radius 1 is 1.36 bits per heavy atom. The molecule has 0 heterocycles. The van der Waals surface area contributed by atoms with Crippen molar-refractivity contribution in [3.63, 3.8) is 0 Å². The largest absolute Gasteiger partial charge is 0.487 e. The van der Waals surface area contributed by atoms with E-state index in [9.17, 15) is 0 Å². The van der Waals surface area contributed by atoms with Crippen molar-refractivity contribution in [2.24, 2.45) is 5.73 Å². The highest BCUT2D eigenvalue weighted by atomic mass is 35.5. The lowest BCUT2D eigenvalue weighted by Crippen LogP contribution is -2.17. The Hall–Kier alpha value is 0.390. The number of thiocarbonyl (C=S) groups is 1. The molecule has 0 amide bonds. The maximum atomic E-state index is 5.31. The van der Waals surface area contributed by atoms with Gasteiger partial charge in [-0.2, -0.15) is 0 Å². The van der Waals surface area contributed by atoms with Gasteiger partial charge in [-0.15, -0.1) is 24.8 Å². The van der Waals surface area contributed by atoms with Crippen molar-refractivity contribution in [2.45, 2.75) is 12.8 Å². The van der Waals surface area contributed by atoms with Crippen LogP contribution >= 0.6 is 37.0 Å². The first kappa shape index (κ1) is 19.9. The van der Waals surface area contributed by atoms with E-state index >= 15 is 0 Å². The van der Waals surface area contributed by atoms with Crippen LogP contribution in [0.15, 0.2) is 0 Å². The second-order valence-corrected chi connectivity index (χ2v) is 3.37. The first-order valence-corrected chi connectivity index (χ1v) is 4.58. The van der Waals surface area contributed by atoms with Crippen LogP contribution in [0.5, 0.6) is 0 Å². The van der Waals surface area contributed by atoms with Crippen LogP contribution in [0.4, 0.5) is 0 Å². The molecule has 2 N–H and O–H groups in total. The van der Waals surface area contributed by atoms with Crippen molar-refractivity contribution in [3.8, 4) is 0 Å². The normalized spacial score (nSPS) is 8.86. The van der Waals surface area contributed by atoms with Crippen molar-refractivity contribution >= 4 is 42.1 Å². The third-order valence-corrected chi connectivity index (χ3v) is 1.70. The SMILES string of the molecule is CN(C)CCC(=S)OCCCN.Cl.Cl. The van der Waals surface area contributed by atoms with Crippen LogP contribution < -0.4 is 5.73 Å². The molecule has 0 saturated heterocycles. The molecule has 0 aromatic heterocycles. The monoisotopic (exact) mass is 262 g/mol. The summed E-state index contributed by atoms with van der Waals surface area (Å²) >= 11 is 5.00. The van der Waals surface area contributed by atoms with Gasteiger partial charge in [-0.1, -0.05) is 0 Å². The molecule has 0 saturated carbocycles. The average molecular weight is 263 g/mol. The van der Waals surface area contributed by atoms with Crippen molar-refractivity contribution in [3.05, 3.63) is 0 Å². The predicted molar refractivity (Wildman–Crippen MR) is 69.9 cm³/mol. The minimum atomic E-state index is 0. The molecule has 14 heavy (non-hydrogen) atoms. The van der Waals surface area contributed by atoms with E-state index in [0.29, 0.717) is 18.2 Å². The zero-order valence-corrected chi connectivity index (χ0v) is 11.1. The predicted octanol–water partition coefficient (Wildman–Crippen LogP) is 1.47. The number of hydrogen-bond acceptors (Lipinski definition) is 4. The van der Waals surface area contributed by atoms with Crippen LogP contribution in [-0.4, -0.2) is 43.7 Å². The van der Waals surface area contributed by atoms with E-state index in [2.05, 4.69) is 4.90 Å². The summed E-state index contributed by atoms with van der Waals surface area (Å²) in [6.07, 6.45) is 1.70. The van der Waals surface area contributed by atoms with Gasteiger partial charge in [0.15, 0.2) is 5.05 Å². The number of nitrogens with zero attached hydrogens (tertiary/aromatic N) is 1. The molecule has 0 atom stereocenters. The van der Waals surface area contributed by atoms with Crippen LogP contribution in [0.3, 0.4) is 0 Å². The summed E-state index contributed by atoms with van der Waals surface area (Å²) in [6, 6.07) is 0. The minimum Gasteiger partial charge on any atom is -0.487 e. The van der Waals surface area contributed by atoms with Crippen molar-refractivity contribution < 1.29 is 4.74 Å². The molecule has 0 aliphatic heterocycles. The van der Waals surface area contributed by atoms with E-state index in [1.807, 2.05) is 14.1 Å². The second kappa shape index (κ2) is 13.4. The molecular formula is C8H20Cl2N2OS. The van der Waals surface area contributed by atoms with Gasteiger partial charge in [0, 0.05) is 13.0 Å². The van der Waals surface area contributed by atoms with Crippen LogP contribution in [-0.2, 0) is 4.74 Å². The highest BCUT2D eigenvalue weighted by Crippen LogP contribution is 1.92. The van der Waals surface area contributed by atoms with Gasteiger partial charge in [0.2, 0.25) is 0 Å². The summed E-state index contributed by atoms with van der Waals surface area (Å²) in [5.41, 5.74) is 5.31. The van der Waals surface area contributed by atoms with Gasteiger partial charge in [0.1, 0.15) is 0 Å². The Balaban J connectivity index is -0.000000605. The van der Waals surface area contributed by atoms with Crippen molar-refractivity contribution in [2.75, 3.05) is 33.8 Å². The Labute approximate surface area is 104 Å². The summed E-state index contributed by atoms with van der Waals surface area (Å²) < 4.78 is 5.26. The smallest absolute Gasteiger partial charge is 0.160 e. The highest BCUT2D eigenvalue weighted by Gasteiger charge is 1.97. The summed E-state index contributed by atoms with van der Waals surface area (Å²) in [6.45, 7) is 2.26. The van der Waals surface area contributed by atoms with Crippen LogP contribution in [0.1, 0.15) is 12.8 Å². The lowest BCUT2D eigenvalue weighted by Gasteiger charge is -2.10. The van der Waals surface area contributed by atoms with Gasteiger partial charge in [-0.05, 0) is 39.3 Å². The molecule has 0 rings (SSSR count). The first-order chi connectivity index (χ1) is 5.66. The molecule has 0 aromatic carbocycles. The fourth-order valence-electron chi connectivity index (χ4n) is 0.656. The summed E-state index contributed by atoms with van der Waals surface area (Å²) in [5.74, 6) is 0. The highest BCUT2D eigenvalue weighted by molar-refractivity contribution is 7.80. The minimum absolute atomic E-state index is 0. The van der Waals surface area contributed by atoms with Gasteiger partial charge < -0.3 is 15.4 Å². The molecule has 3 nitrogen and oxygen atoms in total. The molecule has 0 aliphatic rings. The van der Waals surface area contributed by atoms with Crippen LogP contribution in [0, 0.1) is 0 Å². The van der Waals surface area contributed by atoms with E-state index < -0.39 is 0 Å². The van der Waals surface area contributed by atoms with E-state index in [1.165, 1.54) is 0 Å². The lowest BCUT2D eigenvalue weighted by molar-refractivity contribution is 0.293. The Morgan fingerprint density at radius 2 is 1.93 bits per heavy atom. The van der Waals surface area contributed by atoms with Gasteiger partial charge >= 0.3 is 0 Å². The standard InChI is InChI=1S/C8H18N2OS.2ClH/c1-10(2)6-4-8(12)11-7-3-5-9;;/h3-7,9H2,1-2H3;2*1H. The molecule has 0 unspecified atom stereocenters. The Bertz CT molecular complexity index is 137. The Kier molecular flexibility index (Phi) is 19.0. The van der Waals surface area contributed by atoms with E-state index in [-0.39, 0.29) is 24.8 Å². The molecule has 0 spiro atoms. The number of ether oxygens (including phenoxy) is 1. The zero-order valence-electron chi connectivity index (χ0n) is 8.69. The molecule has 88 valence electrons.